The molecule has 0 unspecified atom stereocenters. The number of tetrazole rings is 1. The summed E-state index contributed by atoms with van der Waals surface area (Å²) >= 11 is 3.21. The SMILES string of the molecule is Cn1nnc(CC(=O)c2occc2Br)n1. The molecule has 7 heteroatoms. The summed E-state index contributed by atoms with van der Waals surface area (Å²) < 4.78 is 5.66. The van der Waals surface area contributed by atoms with Crippen molar-refractivity contribution in [3.63, 3.8) is 0 Å². The molecule has 0 atom stereocenters. The van der Waals surface area contributed by atoms with Gasteiger partial charge in [0.2, 0.25) is 5.78 Å². The van der Waals surface area contributed by atoms with E-state index >= 15 is 0 Å². The lowest BCUT2D eigenvalue weighted by Gasteiger charge is -1.93. The Morgan fingerprint density at radius 3 is 3.00 bits per heavy atom. The largest absolute Gasteiger partial charge is 0.460 e. The maximum atomic E-state index is 11.7. The fourth-order valence-electron chi connectivity index (χ4n) is 1.11. The molecule has 0 radical (unpaired) electrons. The predicted molar refractivity (Wildman–Crippen MR) is 53.2 cm³/mol. The van der Waals surface area contributed by atoms with Crippen LogP contribution in [0.2, 0.25) is 0 Å². The summed E-state index contributed by atoms with van der Waals surface area (Å²) in [4.78, 5) is 13.0. The molecular formula is C8H7BrN4O2. The third-order valence-corrected chi connectivity index (χ3v) is 2.36. The second kappa shape index (κ2) is 3.93. The third kappa shape index (κ3) is 2.12. The van der Waals surface area contributed by atoms with Gasteiger partial charge < -0.3 is 4.42 Å². The molecule has 0 aliphatic carbocycles. The van der Waals surface area contributed by atoms with E-state index in [4.69, 9.17) is 4.42 Å². The van der Waals surface area contributed by atoms with E-state index in [1.165, 1.54) is 11.1 Å². The first-order valence-electron chi connectivity index (χ1n) is 4.16. The molecule has 0 spiro atoms. The summed E-state index contributed by atoms with van der Waals surface area (Å²) in [6.07, 6.45) is 1.53. The molecule has 0 saturated carbocycles. The van der Waals surface area contributed by atoms with E-state index in [-0.39, 0.29) is 18.0 Å². The highest BCUT2D eigenvalue weighted by Crippen LogP contribution is 2.18. The zero-order valence-corrected chi connectivity index (χ0v) is 9.43. The Bertz CT molecular complexity index is 490. The van der Waals surface area contributed by atoms with Crippen LogP contribution in [0, 0.1) is 0 Å². The number of Topliss-reactive ketones (excluding diaryl/α,β-unsaturated/α-hetero) is 1. The van der Waals surface area contributed by atoms with Gasteiger partial charge in [-0.3, -0.25) is 4.79 Å². The van der Waals surface area contributed by atoms with E-state index in [1.807, 2.05) is 0 Å². The van der Waals surface area contributed by atoms with Gasteiger partial charge in [-0.25, -0.2) is 0 Å². The molecule has 0 aliphatic rings. The number of furan rings is 1. The number of aryl methyl sites for hydroxylation is 1. The highest BCUT2D eigenvalue weighted by Gasteiger charge is 2.16. The molecule has 15 heavy (non-hydrogen) atoms. The zero-order chi connectivity index (χ0) is 10.8. The van der Waals surface area contributed by atoms with Gasteiger partial charge in [0.15, 0.2) is 11.6 Å². The van der Waals surface area contributed by atoms with Gasteiger partial charge in [0.25, 0.3) is 0 Å². The van der Waals surface area contributed by atoms with E-state index in [2.05, 4.69) is 31.3 Å². The number of aromatic nitrogens is 4. The number of rotatable bonds is 3. The van der Waals surface area contributed by atoms with Crippen LogP contribution in [0.3, 0.4) is 0 Å². The molecule has 0 amide bonds. The number of nitrogens with zero attached hydrogens (tertiary/aromatic N) is 4. The second-order valence-electron chi connectivity index (χ2n) is 2.89. The van der Waals surface area contributed by atoms with Gasteiger partial charge in [-0.1, -0.05) is 0 Å². The summed E-state index contributed by atoms with van der Waals surface area (Å²) in [6.45, 7) is 0. The molecule has 0 aliphatic heterocycles. The molecule has 2 aromatic heterocycles. The van der Waals surface area contributed by atoms with Crippen LogP contribution in [0.1, 0.15) is 16.4 Å². The monoisotopic (exact) mass is 270 g/mol. The standard InChI is InChI=1S/C8H7BrN4O2/c1-13-11-7(10-12-13)4-6(14)8-5(9)2-3-15-8/h2-3H,4H2,1H3. The third-order valence-electron chi connectivity index (χ3n) is 1.74. The molecule has 0 saturated heterocycles. The van der Waals surface area contributed by atoms with Gasteiger partial charge in [-0.15, -0.1) is 10.2 Å². The molecule has 0 N–H and O–H groups in total. The van der Waals surface area contributed by atoms with E-state index in [1.54, 1.807) is 13.1 Å². The van der Waals surface area contributed by atoms with Crippen molar-refractivity contribution in [2.45, 2.75) is 6.42 Å². The summed E-state index contributed by atoms with van der Waals surface area (Å²) in [5.41, 5.74) is 0. The second-order valence-corrected chi connectivity index (χ2v) is 3.75. The maximum absolute atomic E-state index is 11.7. The van der Waals surface area contributed by atoms with Gasteiger partial charge in [0.05, 0.1) is 24.2 Å². The van der Waals surface area contributed by atoms with Crippen molar-refractivity contribution in [3.05, 3.63) is 28.4 Å². The first kappa shape index (κ1) is 10.0. The highest BCUT2D eigenvalue weighted by molar-refractivity contribution is 9.10. The first-order valence-corrected chi connectivity index (χ1v) is 4.95. The lowest BCUT2D eigenvalue weighted by molar-refractivity contribution is 0.0963. The van der Waals surface area contributed by atoms with Crippen molar-refractivity contribution in [1.29, 1.82) is 0 Å². The van der Waals surface area contributed by atoms with Crippen LogP contribution in [0.25, 0.3) is 0 Å². The Hall–Kier alpha value is -1.50. The van der Waals surface area contributed by atoms with Gasteiger partial charge >= 0.3 is 0 Å². The van der Waals surface area contributed by atoms with E-state index in [0.717, 1.165) is 0 Å². The quantitative estimate of drug-likeness (QED) is 0.778. The smallest absolute Gasteiger partial charge is 0.206 e. The van der Waals surface area contributed by atoms with Gasteiger partial charge in [0.1, 0.15) is 0 Å². The summed E-state index contributed by atoms with van der Waals surface area (Å²) in [5, 5.41) is 11.3. The lowest BCUT2D eigenvalue weighted by atomic mass is 10.2. The molecule has 0 bridgehead atoms. The fourth-order valence-corrected chi connectivity index (χ4v) is 1.53. The predicted octanol–water partition coefficient (Wildman–Crippen LogP) is 0.991. The van der Waals surface area contributed by atoms with Gasteiger partial charge in [-0.05, 0) is 27.2 Å². The fraction of sp³-hybridized carbons (Fsp3) is 0.250. The van der Waals surface area contributed by atoms with Crippen molar-refractivity contribution in [3.8, 4) is 0 Å². The average molecular weight is 271 g/mol. The Morgan fingerprint density at radius 2 is 2.47 bits per heavy atom. The van der Waals surface area contributed by atoms with Gasteiger partial charge in [0, 0.05) is 0 Å². The Labute approximate surface area is 93.4 Å². The van der Waals surface area contributed by atoms with Crippen LogP contribution >= 0.6 is 15.9 Å². The molecule has 0 aromatic carbocycles. The molecule has 78 valence electrons. The van der Waals surface area contributed by atoms with E-state index < -0.39 is 0 Å². The van der Waals surface area contributed by atoms with Crippen LogP contribution in [0.5, 0.6) is 0 Å². The van der Waals surface area contributed by atoms with Crippen molar-refractivity contribution >= 4 is 21.7 Å². The van der Waals surface area contributed by atoms with Crippen LogP contribution in [0.4, 0.5) is 0 Å². The Morgan fingerprint density at radius 1 is 1.67 bits per heavy atom. The first-order chi connectivity index (χ1) is 7.16. The number of ketones is 1. The minimum absolute atomic E-state index is 0.0833. The van der Waals surface area contributed by atoms with Crippen LogP contribution in [-0.4, -0.2) is 26.0 Å². The Kier molecular flexibility index (Phi) is 2.63. The number of hydrogen-bond donors (Lipinski definition) is 0. The normalized spacial score (nSPS) is 10.5. The number of carbonyl (C=O) groups excluding carboxylic acids is 1. The Balaban J connectivity index is 2.14. The minimum atomic E-state index is -0.181. The maximum Gasteiger partial charge on any atom is 0.206 e. The minimum Gasteiger partial charge on any atom is -0.460 e. The number of halogens is 1. The van der Waals surface area contributed by atoms with Crippen LogP contribution in [0.15, 0.2) is 21.2 Å². The molecular weight excluding hydrogens is 264 g/mol. The molecule has 0 fully saturated rings. The molecule has 2 heterocycles. The van der Waals surface area contributed by atoms with Crippen molar-refractivity contribution in [2.75, 3.05) is 0 Å². The zero-order valence-electron chi connectivity index (χ0n) is 7.85. The average Bonchev–Trinajstić information content (AvgIpc) is 2.75. The van der Waals surface area contributed by atoms with E-state index in [0.29, 0.717) is 10.3 Å². The summed E-state index contributed by atoms with van der Waals surface area (Å²) in [6, 6.07) is 1.66. The van der Waals surface area contributed by atoms with Crippen LogP contribution < -0.4 is 0 Å². The number of carbonyl (C=O) groups is 1. The highest BCUT2D eigenvalue weighted by atomic mass is 79.9. The lowest BCUT2D eigenvalue weighted by Crippen LogP contribution is -2.05. The van der Waals surface area contributed by atoms with Crippen molar-refractivity contribution in [1.82, 2.24) is 20.2 Å². The summed E-state index contributed by atoms with van der Waals surface area (Å²) in [5.74, 6) is 0.480. The van der Waals surface area contributed by atoms with Crippen LogP contribution in [-0.2, 0) is 13.5 Å². The summed E-state index contributed by atoms with van der Waals surface area (Å²) in [7, 11) is 1.64. The molecule has 6 nitrogen and oxygen atoms in total. The van der Waals surface area contributed by atoms with E-state index in [9.17, 15) is 4.79 Å². The van der Waals surface area contributed by atoms with Gasteiger partial charge in [-0.2, -0.15) is 4.80 Å². The van der Waals surface area contributed by atoms with Crippen molar-refractivity contribution < 1.29 is 9.21 Å². The topological polar surface area (TPSA) is 73.8 Å². The molecule has 2 aromatic rings. The molecule has 2 rings (SSSR count). The van der Waals surface area contributed by atoms with Crippen molar-refractivity contribution in [2.24, 2.45) is 7.05 Å². The number of hydrogen-bond acceptors (Lipinski definition) is 5.